The van der Waals surface area contributed by atoms with E-state index >= 15 is 0 Å². The zero-order chi connectivity index (χ0) is 14.5. The van der Waals surface area contributed by atoms with E-state index in [0.717, 1.165) is 24.1 Å². The van der Waals surface area contributed by atoms with E-state index in [1.165, 1.54) is 32.8 Å². The lowest BCUT2D eigenvalue weighted by Crippen LogP contribution is -2.37. The molecule has 0 spiro atoms. The number of hydrogen-bond donors (Lipinski definition) is 1. The molecule has 20 heavy (non-hydrogen) atoms. The Morgan fingerprint density at radius 3 is 2.55 bits per heavy atom. The van der Waals surface area contributed by atoms with Gasteiger partial charge in [-0.2, -0.15) is 5.10 Å². The number of esters is 1. The predicted molar refractivity (Wildman–Crippen MR) is 77.3 cm³/mol. The number of nitrogens with zero attached hydrogens (tertiary/aromatic N) is 2. The van der Waals surface area contributed by atoms with E-state index in [2.05, 4.69) is 10.4 Å². The van der Waals surface area contributed by atoms with Crippen LogP contribution < -0.4 is 5.32 Å². The van der Waals surface area contributed by atoms with Crippen LogP contribution in [0, 0.1) is 6.92 Å². The van der Waals surface area contributed by atoms with E-state index < -0.39 is 6.04 Å². The minimum Gasteiger partial charge on any atom is -0.468 e. The van der Waals surface area contributed by atoms with Crippen LogP contribution in [0.15, 0.2) is 6.20 Å². The summed E-state index contributed by atoms with van der Waals surface area (Å²) in [7, 11) is 3.33. The minimum absolute atomic E-state index is 0.231. The number of aromatic nitrogens is 2. The quantitative estimate of drug-likeness (QED) is 0.678. The van der Waals surface area contributed by atoms with Crippen molar-refractivity contribution in [1.29, 1.82) is 0 Å². The number of methoxy groups -OCH3 is 1. The van der Waals surface area contributed by atoms with Crippen molar-refractivity contribution < 1.29 is 9.53 Å². The van der Waals surface area contributed by atoms with Crippen molar-refractivity contribution in [3.05, 3.63) is 17.5 Å². The molecule has 0 aliphatic heterocycles. The molecule has 5 heteroatoms. The molecule has 1 saturated carbocycles. The molecule has 1 aliphatic carbocycles. The van der Waals surface area contributed by atoms with Gasteiger partial charge in [0.25, 0.3) is 0 Å². The maximum absolute atomic E-state index is 12.1. The Morgan fingerprint density at radius 1 is 1.40 bits per heavy atom. The second kappa shape index (κ2) is 6.88. The average Bonchev–Trinajstić information content (AvgIpc) is 2.68. The van der Waals surface area contributed by atoms with E-state index in [1.807, 2.05) is 14.0 Å². The molecule has 1 heterocycles. The van der Waals surface area contributed by atoms with Gasteiger partial charge in [0.15, 0.2) is 0 Å². The normalized spacial score (nSPS) is 18.6. The van der Waals surface area contributed by atoms with Crippen molar-refractivity contribution in [3.63, 3.8) is 0 Å². The Bertz CT molecular complexity index is 448. The van der Waals surface area contributed by atoms with Crippen molar-refractivity contribution in [3.8, 4) is 0 Å². The zero-order valence-electron chi connectivity index (χ0n) is 12.7. The van der Waals surface area contributed by atoms with Crippen molar-refractivity contribution in [2.24, 2.45) is 7.05 Å². The third kappa shape index (κ3) is 3.39. The molecule has 1 N–H and O–H groups in total. The van der Waals surface area contributed by atoms with Crippen molar-refractivity contribution in [2.45, 2.75) is 57.5 Å². The van der Waals surface area contributed by atoms with Gasteiger partial charge in [-0.25, -0.2) is 4.79 Å². The molecule has 2 rings (SSSR count). The van der Waals surface area contributed by atoms with Crippen LogP contribution in [0.2, 0.25) is 0 Å². The Labute approximate surface area is 120 Å². The first-order chi connectivity index (χ1) is 9.63. The average molecular weight is 279 g/mol. The van der Waals surface area contributed by atoms with Crippen LogP contribution in [0.1, 0.15) is 55.8 Å². The fourth-order valence-corrected chi connectivity index (χ4v) is 2.88. The molecule has 1 fully saturated rings. The molecule has 0 bridgehead atoms. The number of carbonyl (C=O) groups is 1. The van der Waals surface area contributed by atoms with Crippen LogP contribution in [0.3, 0.4) is 0 Å². The monoisotopic (exact) mass is 279 g/mol. The predicted octanol–water partition coefficient (Wildman–Crippen LogP) is 2.26. The molecule has 0 aromatic carbocycles. The highest BCUT2D eigenvalue weighted by molar-refractivity contribution is 5.77. The summed E-state index contributed by atoms with van der Waals surface area (Å²) < 4.78 is 6.76. The highest BCUT2D eigenvalue weighted by atomic mass is 16.5. The van der Waals surface area contributed by atoms with Crippen LogP contribution >= 0.6 is 0 Å². The van der Waals surface area contributed by atoms with E-state index in [9.17, 15) is 4.79 Å². The minimum atomic E-state index is -0.406. The Balaban J connectivity index is 2.15. The molecule has 1 unspecified atom stereocenters. The fraction of sp³-hybridized carbons (Fsp3) is 0.733. The first-order valence-electron chi connectivity index (χ1n) is 7.46. The molecular weight excluding hydrogens is 254 g/mol. The van der Waals surface area contributed by atoms with E-state index in [0.29, 0.717) is 6.04 Å². The van der Waals surface area contributed by atoms with E-state index in [4.69, 9.17) is 4.74 Å². The number of hydrogen-bond acceptors (Lipinski definition) is 4. The highest BCUT2D eigenvalue weighted by Gasteiger charge is 2.28. The van der Waals surface area contributed by atoms with Crippen LogP contribution in [0.5, 0.6) is 0 Å². The molecule has 5 nitrogen and oxygen atoms in total. The molecule has 1 aliphatic rings. The van der Waals surface area contributed by atoms with Crippen LogP contribution in [-0.2, 0) is 16.6 Å². The van der Waals surface area contributed by atoms with Crippen molar-refractivity contribution >= 4 is 5.97 Å². The first kappa shape index (κ1) is 15.0. The third-order valence-electron chi connectivity index (χ3n) is 4.28. The Kier molecular flexibility index (Phi) is 5.17. The molecule has 1 aromatic heterocycles. The summed E-state index contributed by atoms with van der Waals surface area (Å²) in [6.07, 6.45) is 9.09. The van der Waals surface area contributed by atoms with Gasteiger partial charge in [0.1, 0.15) is 6.04 Å². The number of carbonyl (C=O) groups excluding carboxylic acids is 1. The first-order valence-corrected chi connectivity index (χ1v) is 7.46. The second-order valence-electron chi connectivity index (χ2n) is 5.62. The van der Waals surface area contributed by atoms with Gasteiger partial charge in [-0.05, 0) is 19.8 Å². The van der Waals surface area contributed by atoms with Crippen LogP contribution in [-0.4, -0.2) is 28.9 Å². The smallest absolute Gasteiger partial charge is 0.327 e. The number of nitrogens with one attached hydrogen (secondary N) is 1. The maximum atomic E-state index is 12.1. The lowest BCUT2D eigenvalue weighted by atomic mass is 10.0. The van der Waals surface area contributed by atoms with Gasteiger partial charge < -0.3 is 4.74 Å². The Hall–Kier alpha value is -1.36. The lowest BCUT2D eigenvalue weighted by Gasteiger charge is -2.23. The van der Waals surface area contributed by atoms with Gasteiger partial charge in [-0.15, -0.1) is 0 Å². The zero-order valence-corrected chi connectivity index (χ0v) is 12.7. The topological polar surface area (TPSA) is 56.1 Å². The molecule has 112 valence electrons. The van der Waals surface area contributed by atoms with Gasteiger partial charge in [0.2, 0.25) is 0 Å². The fourth-order valence-electron chi connectivity index (χ4n) is 2.88. The molecule has 0 radical (unpaired) electrons. The maximum Gasteiger partial charge on any atom is 0.327 e. The summed E-state index contributed by atoms with van der Waals surface area (Å²) in [4.78, 5) is 12.1. The summed E-state index contributed by atoms with van der Waals surface area (Å²) in [5.74, 6) is -0.231. The summed E-state index contributed by atoms with van der Waals surface area (Å²) in [5.41, 5.74) is 1.92. The van der Waals surface area contributed by atoms with E-state index in [1.54, 1.807) is 10.9 Å². The van der Waals surface area contributed by atoms with Gasteiger partial charge in [-0.3, -0.25) is 10.00 Å². The van der Waals surface area contributed by atoms with Gasteiger partial charge in [-0.1, -0.05) is 25.7 Å². The lowest BCUT2D eigenvalue weighted by molar-refractivity contribution is -0.143. The van der Waals surface area contributed by atoms with Crippen molar-refractivity contribution in [2.75, 3.05) is 7.11 Å². The number of rotatable bonds is 4. The van der Waals surface area contributed by atoms with Crippen LogP contribution in [0.4, 0.5) is 0 Å². The summed E-state index contributed by atoms with van der Waals surface area (Å²) in [5, 5.41) is 7.72. The van der Waals surface area contributed by atoms with E-state index in [-0.39, 0.29) is 5.97 Å². The summed E-state index contributed by atoms with van der Waals surface area (Å²) in [6, 6.07) is -0.0157. The number of ether oxygens (including phenoxy) is 1. The van der Waals surface area contributed by atoms with Crippen molar-refractivity contribution in [1.82, 2.24) is 15.1 Å². The Morgan fingerprint density at radius 2 is 2.05 bits per heavy atom. The molecular formula is C15H25N3O2. The number of aryl methyl sites for hydroxylation is 1. The standard InChI is InChI=1S/C15H25N3O2/c1-11-13(10-16-18(11)2)14(15(19)20-3)17-12-8-6-4-5-7-9-12/h10,12,14,17H,4-9H2,1-3H3. The molecule has 0 saturated heterocycles. The largest absolute Gasteiger partial charge is 0.468 e. The molecule has 1 atom stereocenters. The molecule has 0 amide bonds. The highest BCUT2D eigenvalue weighted by Crippen LogP contribution is 2.23. The second-order valence-corrected chi connectivity index (χ2v) is 5.62. The van der Waals surface area contributed by atoms with Gasteiger partial charge in [0.05, 0.1) is 13.3 Å². The van der Waals surface area contributed by atoms with Gasteiger partial charge in [0, 0.05) is 24.3 Å². The summed E-state index contributed by atoms with van der Waals surface area (Å²) >= 11 is 0. The summed E-state index contributed by atoms with van der Waals surface area (Å²) in [6.45, 7) is 1.98. The third-order valence-corrected chi connectivity index (χ3v) is 4.28. The molecule has 1 aromatic rings. The van der Waals surface area contributed by atoms with Gasteiger partial charge >= 0.3 is 5.97 Å². The SMILES string of the molecule is COC(=O)C(NC1CCCCCC1)c1cnn(C)c1C. The van der Waals surface area contributed by atoms with Crippen LogP contribution in [0.25, 0.3) is 0 Å².